The number of fused-ring (bicyclic) bond motifs is 1. The number of nitrogens with zero attached hydrogens (tertiary/aromatic N) is 3. The number of aromatic nitrogens is 3. The van der Waals surface area contributed by atoms with Crippen molar-refractivity contribution in [2.75, 3.05) is 5.73 Å². The summed E-state index contributed by atoms with van der Waals surface area (Å²) in [6.07, 6.45) is -9.15. The molecule has 2 N–H and O–H groups in total. The average Bonchev–Trinajstić information content (AvgIpc) is 2.57. The second kappa shape index (κ2) is 3.50. The van der Waals surface area contributed by atoms with Gasteiger partial charge in [-0.05, 0) is 0 Å². The van der Waals surface area contributed by atoms with E-state index in [1.807, 2.05) is 0 Å². The molecule has 98 valence electrons. The van der Waals surface area contributed by atoms with Gasteiger partial charge >= 0.3 is 12.4 Å². The van der Waals surface area contributed by atoms with E-state index in [9.17, 15) is 26.3 Å². The van der Waals surface area contributed by atoms with Crippen molar-refractivity contribution in [3.8, 4) is 0 Å². The fraction of sp³-hybridized carbons (Fsp3) is 0.250. The van der Waals surface area contributed by atoms with Crippen LogP contribution in [0.2, 0.25) is 0 Å². The maximum atomic E-state index is 12.6. The minimum atomic E-state index is -4.93. The van der Waals surface area contributed by atoms with Crippen molar-refractivity contribution in [2.45, 2.75) is 12.4 Å². The van der Waals surface area contributed by atoms with Gasteiger partial charge in [0.2, 0.25) is 0 Å². The van der Waals surface area contributed by atoms with Gasteiger partial charge in [-0.25, -0.2) is 9.50 Å². The Morgan fingerprint density at radius 1 is 1.06 bits per heavy atom. The van der Waals surface area contributed by atoms with Crippen LogP contribution >= 0.6 is 0 Å². The lowest BCUT2D eigenvalue weighted by Crippen LogP contribution is -2.17. The molecule has 0 unspecified atom stereocenters. The lowest BCUT2D eigenvalue weighted by molar-refractivity contribution is -0.145. The molecule has 4 nitrogen and oxygen atoms in total. The Balaban J connectivity index is 2.78. The molecule has 0 aliphatic heterocycles. The molecule has 0 saturated heterocycles. The number of alkyl halides is 6. The third-order valence-electron chi connectivity index (χ3n) is 2.07. The molecule has 0 atom stereocenters. The molecule has 2 aromatic heterocycles. The zero-order chi connectivity index (χ0) is 13.7. The third-order valence-corrected chi connectivity index (χ3v) is 2.07. The van der Waals surface area contributed by atoms with Gasteiger partial charge in [-0.15, -0.1) is 0 Å². The number of rotatable bonds is 0. The minimum absolute atomic E-state index is 0.0398. The topological polar surface area (TPSA) is 56.2 Å². The molecule has 0 aromatic carbocycles. The summed E-state index contributed by atoms with van der Waals surface area (Å²) in [7, 11) is 0. The molecule has 2 aromatic rings. The van der Waals surface area contributed by atoms with Crippen LogP contribution in [0.5, 0.6) is 0 Å². The van der Waals surface area contributed by atoms with E-state index in [-0.39, 0.29) is 4.52 Å². The number of anilines is 1. The van der Waals surface area contributed by atoms with Crippen molar-refractivity contribution in [2.24, 2.45) is 0 Å². The van der Waals surface area contributed by atoms with Crippen LogP contribution in [-0.4, -0.2) is 14.6 Å². The molecule has 0 saturated carbocycles. The van der Waals surface area contributed by atoms with Crippen LogP contribution < -0.4 is 5.73 Å². The second-order valence-corrected chi connectivity index (χ2v) is 3.36. The van der Waals surface area contributed by atoms with Crippen molar-refractivity contribution in [3.05, 3.63) is 23.7 Å². The van der Waals surface area contributed by atoms with Gasteiger partial charge in [0.1, 0.15) is 0 Å². The molecule has 0 aliphatic carbocycles. The van der Waals surface area contributed by atoms with E-state index < -0.39 is 35.1 Å². The first-order chi connectivity index (χ1) is 8.10. The van der Waals surface area contributed by atoms with E-state index >= 15 is 0 Å². The zero-order valence-corrected chi connectivity index (χ0v) is 8.34. The summed E-state index contributed by atoms with van der Waals surface area (Å²) in [4.78, 5) is 3.36. The smallest absolute Gasteiger partial charge is 0.396 e. The van der Waals surface area contributed by atoms with Gasteiger partial charge in [0.25, 0.3) is 0 Å². The average molecular weight is 270 g/mol. The summed E-state index contributed by atoms with van der Waals surface area (Å²) in [6, 6.07) is 0.411. The van der Waals surface area contributed by atoms with Crippen LogP contribution in [0.4, 0.5) is 32.0 Å². The van der Waals surface area contributed by atoms with Crippen LogP contribution in [0.15, 0.2) is 12.3 Å². The van der Waals surface area contributed by atoms with Gasteiger partial charge in [0.15, 0.2) is 17.0 Å². The third kappa shape index (κ3) is 1.93. The lowest BCUT2D eigenvalue weighted by Gasteiger charge is -2.10. The molecule has 0 aliphatic rings. The van der Waals surface area contributed by atoms with Crippen LogP contribution in [-0.2, 0) is 12.4 Å². The van der Waals surface area contributed by atoms with Crippen LogP contribution in [0.3, 0.4) is 0 Å². The van der Waals surface area contributed by atoms with E-state index in [1.165, 1.54) is 0 Å². The van der Waals surface area contributed by atoms with Crippen LogP contribution in [0.1, 0.15) is 11.4 Å². The highest BCUT2D eigenvalue weighted by atomic mass is 19.4. The monoisotopic (exact) mass is 270 g/mol. The predicted molar refractivity (Wildman–Crippen MR) is 47.4 cm³/mol. The molecule has 0 fully saturated rings. The van der Waals surface area contributed by atoms with Crippen molar-refractivity contribution in [3.63, 3.8) is 0 Å². The first-order valence-corrected chi connectivity index (χ1v) is 4.39. The first-order valence-electron chi connectivity index (χ1n) is 4.39. The van der Waals surface area contributed by atoms with Crippen molar-refractivity contribution < 1.29 is 26.3 Å². The van der Waals surface area contributed by atoms with Crippen molar-refractivity contribution in [1.29, 1.82) is 0 Å². The molecule has 0 spiro atoms. The summed E-state index contributed by atoms with van der Waals surface area (Å²) in [5, 5.41) is 2.84. The van der Waals surface area contributed by atoms with E-state index in [0.29, 0.717) is 12.3 Å². The van der Waals surface area contributed by atoms with Gasteiger partial charge < -0.3 is 5.73 Å². The Bertz CT molecular complexity index is 596. The van der Waals surface area contributed by atoms with E-state index in [0.717, 1.165) is 0 Å². The summed E-state index contributed by atoms with van der Waals surface area (Å²) in [5.74, 6) is 0. The Labute approximate surface area is 95.0 Å². The summed E-state index contributed by atoms with van der Waals surface area (Å²) < 4.78 is 75.0. The van der Waals surface area contributed by atoms with Gasteiger partial charge in [-0.3, -0.25) is 0 Å². The molecule has 0 bridgehead atoms. The highest BCUT2D eigenvalue weighted by molar-refractivity contribution is 5.51. The molecule has 0 amide bonds. The number of nitrogen functional groups attached to an aromatic ring is 1. The fourth-order valence-electron chi connectivity index (χ4n) is 1.37. The first kappa shape index (κ1) is 12.5. The number of hydrogen-bond donors (Lipinski definition) is 1. The maximum absolute atomic E-state index is 12.6. The van der Waals surface area contributed by atoms with E-state index in [2.05, 4.69) is 10.1 Å². The number of nitrogens with two attached hydrogens (primary N) is 1. The van der Waals surface area contributed by atoms with E-state index in [4.69, 9.17) is 5.73 Å². The van der Waals surface area contributed by atoms with E-state index in [1.54, 1.807) is 0 Å². The number of hydrogen-bond acceptors (Lipinski definition) is 3. The zero-order valence-electron chi connectivity index (χ0n) is 8.34. The molecule has 2 heterocycles. The SMILES string of the molecule is Nc1cnc2cc(C(F)(F)F)nn2c1C(F)(F)F. The Kier molecular flexibility index (Phi) is 2.42. The summed E-state index contributed by atoms with van der Waals surface area (Å²) in [6.45, 7) is 0. The molecule has 10 heteroatoms. The van der Waals surface area contributed by atoms with Gasteiger partial charge in [0.05, 0.1) is 11.9 Å². The Morgan fingerprint density at radius 2 is 1.67 bits per heavy atom. The normalized spacial score (nSPS) is 13.2. The quantitative estimate of drug-likeness (QED) is 0.747. The predicted octanol–water partition coefficient (Wildman–Crippen LogP) is 2.35. The molecule has 18 heavy (non-hydrogen) atoms. The van der Waals surface area contributed by atoms with Gasteiger partial charge in [-0.2, -0.15) is 31.4 Å². The highest BCUT2D eigenvalue weighted by Gasteiger charge is 2.40. The van der Waals surface area contributed by atoms with Crippen molar-refractivity contribution >= 4 is 11.3 Å². The molecule has 0 radical (unpaired) electrons. The highest BCUT2D eigenvalue weighted by Crippen LogP contribution is 2.35. The maximum Gasteiger partial charge on any atom is 0.435 e. The lowest BCUT2D eigenvalue weighted by atomic mass is 10.3. The van der Waals surface area contributed by atoms with Gasteiger partial charge in [0, 0.05) is 6.07 Å². The van der Waals surface area contributed by atoms with Crippen LogP contribution in [0, 0.1) is 0 Å². The number of halogens is 6. The fourth-order valence-corrected chi connectivity index (χ4v) is 1.37. The summed E-state index contributed by atoms with van der Waals surface area (Å²) in [5.41, 5.74) is 0.738. The molecular formula is C8H4F6N4. The standard InChI is InChI=1S/C8H4F6N4/c9-7(10,11)4-1-5-16-2-3(15)6(8(12,13)14)18(5)17-4/h1-2H,15H2. The van der Waals surface area contributed by atoms with Crippen LogP contribution in [0.25, 0.3) is 5.65 Å². The van der Waals surface area contributed by atoms with Crippen molar-refractivity contribution in [1.82, 2.24) is 14.6 Å². The van der Waals surface area contributed by atoms with Gasteiger partial charge in [-0.1, -0.05) is 0 Å². The largest absolute Gasteiger partial charge is 0.435 e. The summed E-state index contributed by atoms with van der Waals surface area (Å²) >= 11 is 0. The minimum Gasteiger partial charge on any atom is -0.396 e. The Hall–Kier alpha value is -2.00. The second-order valence-electron chi connectivity index (χ2n) is 3.36. The Morgan fingerprint density at radius 3 is 2.17 bits per heavy atom. The molecular weight excluding hydrogens is 266 g/mol. The molecule has 2 rings (SSSR count).